The molecule has 0 N–H and O–H groups in total. The summed E-state index contributed by atoms with van der Waals surface area (Å²) in [4.78, 5) is 17.7. The van der Waals surface area contributed by atoms with E-state index in [0.717, 1.165) is 42.9 Å². The maximum absolute atomic E-state index is 13.7. The van der Waals surface area contributed by atoms with E-state index in [1.807, 2.05) is 16.8 Å². The standard InChI is InChI=1S/C23H21F2N5O/c24-16-6-14(7-17(25)8-16)20-3-5-27-30(20)22(31)18-11-23(9-15(18)10-23)13-29-21-2-1-4-26-19(21)12-28-29/h1-2,4-8,12,15,18,20H,3,9-11,13H2. The molecule has 3 aliphatic carbocycles. The number of amides is 1. The van der Waals surface area contributed by atoms with Crippen LogP contribution in [0.1, 0.15) is 37.3 Å². The van der Waals surface area contributed by atoms with E-state index < -0.39 is 17.7 Å². The molecular weight excluding hydrogens is 400 g/mol. The largest absolute Gasteiger partial charge is 0.273 e. The highest BCUT2D eigenvalue weighted by molar-refractivity contribution is 5.83. The smallest absolute Gasteiger partial charge is 0.246 e. The maximum Gasteiger partial charge on any atom is 0.246 e. The quantitative estimate of drug-likeness (QED) is 0.638. The van der Waals surface area contributed by atoms with Crippen LogP contribution >= 0.6 is 0 Å². The van der Waals surface area contributed by atoms with E-state index in [1.165, 1.54) is 17.1 Å². The molecule has 1 amide bonds. The Morgan fingerprint density at radius 3 is 2.77 bits per heavy atom. The number of carbonyl (C=O) groups is 1. The second-order valence-corrected chi connectivity index (χ2v) is 9.12. The Bertz CT molecular complexity index is 1200. The topological polar surface area (TPSA) is 63.4 Å². The fourth-order valence-electron chi connectivity index (χ4n) is 5.82. The van der Waals surface area contributed by atoms with Gasteiger partial charge in [-0.25, -0.2) is 13.8 Å². The molecule has 0 spiro atoms. The Balaban J connectivity index is 1.20. The average molecular weight is 421 g/mol. The molecule has 2 unspecified atom stereocenters. The molecule has 3 saturated carbocycles. The average Bonchev–Trinajstić information content (AvgIpc) is 3.49. The molecule has 2 aromatic heterocycles. The number of hydrogen-bond donors (Lipinski definition) is 0. The van der Waals surface area contributed by atoms with Crippen molar-refractivity contribution in [2.75, 3.05) is 0 Å². The molecule has 7 rings (SSSR count). The van der Waals surface area contributed by atoms with Crippen LogP contribution in [-0.4, -0.2) is 31.9 Å². The minimum Gasteiger partial charge on any atom is -0.273 e. The molecule has 3 fully saturated rings. The van der Waals surface area contributed by atoms with Crippen LogP contribution < -0.4 is 0 Å². The first kappa shape index (κ1) is 18.6. The molecule has 2 atom stereocenters. The Hall–Kier alpha value is -3.16. The second-order valence-electron chi connectivity index (χ2n) is 9.12. The van der Waals surface area contributed by atoms with Crippen LogP contribution in [0.5, 0.6) is 0 Å². The van der Waals surface area contributed by atoms with Crippen LogP contribution in [-0.2, 0) is 11.3 Å². The van der Waals surface area contributed by atoms with E-state index >= 15 is 0 Å². The third-order valence-corrected chi connectivity index (χ3v) is 7.15. The van der Waals surface area contributed by atoms with Crippen molar-refractivity contribution in [2.24, 2.45) is 22.4 Å². The number of hydrogen-bond acceptors (Lipinski definition) is 4. The highest BCUT2D eigenvalue weighted by Crippen LogP contribution is 2.63. The molecule has 2 bridgehead atoms. The minimum atomic E-state index is -0.641. The molecule has 1 aromatic carbocycles. The molecule has 1 aliphatic heterocycles. The van der Waals surface area contributed by atoms with Crippen LogP contribution in [0.25, 0.3) is 11.0 Å². The number of benzene rings is 1. The summed E-state index contributed by atoms with van der Waals surface area (Å²) in [5, 5.41) is 10.2. The molecular formula is C23H21F2N5O. The van der Waals surface area contributed by atoms with Crippen LogP contribution in [0.3, 0.4) is 0 Å². The Morgan fingerprint density at radius 1 is 1.16 bits per heavy atom. The predicted molar refractivity (Wildman–Crippen MR) is 110 cm³/mol. The lowest BCUT2D eigenvalue weighted by Crippen LogP contribution is -2.35. The molecule has 4 aliphatic rings. The van der Waals surface area contributed by atoms with Gasteiger partial charge in [0, 0.05) is 37.4 Å². The van der Waals surface area contributed by atoms with Gasteiger partial charge in [-0.3, -0.25) is 14.5 Å². The number of pyridine rings is 1. The molecule has 3 aromatic rings. The molecule has 31 heavy (non-hydrogen) atoms. The monoisotopic (exact) mass is 421 g/mol. The van der Waals surface area contributed by atoms with Crippen LogP contribution in [0, 0.1) is 28.9 Å². The lowest BCUT2D eigenvalue weighted by molar-refractivity contribution is -0.138. The summed E-state index contributed by atoms with van der Waals surface area (Å²) in [6.07, 6.45) is 8.42. The first-order valence-electron chi connectivity index (χ1n) is 10.6. The van der Waals surface area contributed by atoms with Gasteiger partial charge in [0.05, 0.1) is 17.8 Å². The molecule has 3 heterocycles. The third-order valence-electron chi connectivity index (χ3n) is 7.15. The third kappa shape index (κ3) is 2.96. The van der Waals surface area contributed by atoms with E-state index in [1.54, 1.807) is 18.6 Å². The van der Waals surface area contributed by atoms with Crippen LogP contribution in [0.15, 0.2) is 47.8 Å². The summed E-state index contributed by atoms with van der Waals surface area (Å²) < 4.78 is 29.4. The Morgan fingerprint density at radius 2 is 1.97 bits per heavy atom. The molecule has 6 nitrogen and oxygen atoms in total. The predicted octanol–water partition coefficient (Wildman–Crippen LogP) is 4.09. The minimum absolute atomic E-state index is 0.0419. The van der Waals surface area contributed by atoms with Crippen molar-refractivity contribution in [1.82, 2.24) is 19.8 Å². The van der Waals surface area contributed by atoms with E-state index in [0.29, 0.717) is 17.9 Å². The normalized spacial score (nSPS) is 29.0. The van der Waals surface area contributed by atoms with Crippen molar-refractivity contribution in [3.8, 4) is 0 Å². The maximum atomic E-state index is 13.7. The van der Waals surface area contributed by atoms with Crippen LogP contribution in [0.2, 0.25) is 0 Å². The van der Waals surface area contributed by atoms with Gasteiger partial charge in [0.1, 0.15) is 17.2 Å². The van der Waals surface area contributed by atoms with Gasteiger partial charge in [-0.05, 0) is 60.4 Å². The number of carbonyl (C=O) groups excluding carboxylic acids is 1. The van der Waals surface area contributed by atoms with Crippen molar-refractivity contribution >= 4 is 23.2 Å². The van der Waals surface area contributed by atoms with Crippen molar-refractivity contribution in [3.63, 3.8) is 0 Å². The molecule has 0 radical (unpaired) electrons. The van der Waals surface area contributed by atoms with Gasteiger partial charge in [0.2, 0.25) is 5.91 Å². The van der Waals surface area contributed by atoms with Crippen molar-refractivity contribution < 1.29 is 13.6 Å². The number of halogens is 2. The van der Waals surface area contributed by atoms with Gasteiger partial charge in [-0.15, -0.1) is 0 Å². The highest BCUT2D eigenvalue weighted by Gasteiger charge is 2.59. The first-order valence-corrected chi connectivity index (χ1v) is 10.6. The SMILES string of the molecule is O=C(C1CC2(Cn3ncc4ncccc43)CC1C2)N1N=CCC1c1cc(F)cc(F)c1. The number of fused-ring (bicyclic) bond motifs is 2. The fraction of sp³-hybridized carbons (Fsp3) is 0.391. The van der Waals surface area contributed by atoms with Gasteiger partial charge in [-0.2, -0.15) is 10.2 Å². The number of nitrogens with zero attached hydrogens (tertiary/aromatic N) is 5. The zero-order valence-electron chi connectivity index (χ0n) is 16.8. The zero-order valence-corrected chi connectivity index (χ0v) is 16.8. The number of rotatable bonds is 4. The van der Waals surface area contributed by atoms with Gasteiger partial charge in [0.15, 0.2) is 0 Å². The number of aromatic nitrogens is 3. The summed E-state index contributed by atoms with van der Waals surface area (Å²) >= 11 is 0. The van der Waals surface area contributed by atoms with E-state index in [4.69, 9.17) is 0 Å². The summed E-state index contributed by atoms with van der Waals surface area (Å²) in [5.41, 5.74) is 2.38. The lowest BCUT2D eigenvalue weighted by Gasteiger charge is -2.38. The summed E-state index contributed by atoms with van der Waals surface area (Å²) in [7, 11) is 0. The molecule has 8 heteroatoms. The van der Waals surface area contributed by atoms with Crippen molar-refractivity contribution in [1.29, 1.82) is 0 Å². The fourth-order valence-corrected chi connectivity index (χ4v) is 5.82. The van der Waals surface area contributed by atoms with E-state index in [-0.39, 0.29) is 17.2 Å². The molecule has 0 saturated heterocycles. The van der Waals surface area contributed by atoms with Gasteiger partial charge >= 0.3 is 0 Å². The second kappa shape index (κ2) is 6.67. The van der Waals surface area contributed by atoms with Crippen molar-refractivity contribution in [2.45, 2.75) is 38.3 Å². The summed E-state index contributed by atoms with van der Waals surface area (Å²) in [5.74, 6) is -1.11. The Labute approximate surface area is 177 Å². The molecule has 158 valence electrons. The first-order chi connectivity index (χ1) is 15.0. The van der Waals surface area contributed by atoms with E-state index in [9.17, 15) is 13.6 Å². The van der Waals surface area contributed by atoms with Gasteiger partial charge < -0.3 is 0 Å². The van der Waals surface area contributed by atoms with Gasteiger partial charge in [0.25, 0.3) is 0 Å². The Kier molecular flexibility index (Phi) is 4.00. The lowest BCUT2D eigenvalue weighted by atomic mass is 9.69. The highest BCUT2D eigenvalue weighted by atomic mass is 19.1. The zero-order chi connectivity index (χ0) is 21.2. The van der Waals surface area contributed by atoms with Crippen molar-refractivity contribution in [3.05, 3.63) is 59.9 Å². The van der Waals surface area contributed by atoms with Gasteiger partial charge in [-0.1, -0.05) is 0 Å². The van der Waals surface area contributed by atoms with E-state index in [2.05, 4.69) is 15.2 Å². The summed E-state index contributed by atoms with van der Waals surface area (Å²) in [6, 6.07) is 6.89. The number of hydrazone groups is 1. The summed E-state index contributed by atoms with van der Waals surface area (Å²) in [6.45, 7) is 0.768. The van der Waals surface area contributed by atoms with Crippen LogP contribution in [0.4, 0.5) is 8.78 Å².